The Kier molecular flexibility index (Phi) is 7.30. The van der Waals surface area contributed by atoms with Gasteiger partial charge in [0.15, 0.2) is 0 Å². The van der Waals surface area contributed by atoms with Gasteiger partial charge in [-0.25, -0.2) is 19.7 Å². The number of nitrogens with zero attached hydrogens (tertiary/aromatic N) is 4. The van der Waals surface area contributed by atoms with E-state index in [1.807, 2.05) is 5.32 Å². The topological polar surface area (TPSA) is 145 Å². The van der Waals surface area contributed by atoms with E-state index in [1.165, 1.54) is 48.8 Å². The molecule has 0 saturated carbocycles. The molecule has 4 amide bonds. The second-order valence-electron chi connectivity index (χ2n) is 6.29. The van der Waals surface area contributed by atoms with Crippen LogP contribution in [0.2, 0.25) is 5.02 Å². The van der Waals surface area contributed by atoms with Crippen molar-refractivity contribution in [2.45, 2.75) is 6.92 Å². The smallest absolute Gasteiger partial charge is 0.335 e. The summed E-state index contributed by atoms with van der Waals surface area (Å²) in [6.45, 7) is 1.10. The molecule has 0 fully saturated rings. The zero-order chi connectivity index (χ0) is 24.1. The fourth-order valence-electron chi connectivity index (χ4n) is 2.65. The highest BCUT2D eigenvalue weighted by atomic mass is 79.9. The fraction of sp³-hybridized carbons (Fsp3) is 0.0500. The van der Waals surface area contributed by atoms with Crippen LogP contribution in [0.1, 0.15) is 17.3 Å². The van der Waals surface area contributed by atoms with Crippen LogP contribution in [0, 0.1) is 10.1 Å². The van der Waals surface area contributed by atoms with Gasteiger partial charge in [0.1, 0.15) is 11.3 Å². The van der Waals surface area contributed by atoms with Crippen molar-refractivity contribution >= 4 is 56.8 Å². The van der Waals surface area contributed by atoms with E-state index in [4.69, 9.17) is 16.3 Å². The van der Waals surface area contributed by atoms with E-state index < -0.39 is 28.5 Å². The first kappa shape index (κ1) is 23.8. The summed E-state index contributed by atoms with van der Waals surface area (Å²) in [7, 11) is 0. The third-order valence-electron chi connectivity index (χ3n) is 4.06. The standard InChI is InChI=1S/C20H13BrClN5O6/c1-11(28)26(20(30)25-18(29)14-4-2-3-5-16(14)27(31)32)13-6-7-17(15(22)8-13)33-19-23-9-12(21)10-24-19/h2-10H,1H3,(H,25,29,30). The number of halogens is 2. The fourth-order valence-corrected chi connectivity index (χ4v) is 3.07. The maximum atomic E-state index is 12.7. The molecule has 33 heavy (non-hydrogen) atoms. The molecule has 3 aromatic rings. The van der Waals surface area contributed by atoms with Gasteiger partial charge in [-0.05, 0) is 40.2 Å². The van der Waals surface area contributed by atoms with Gasteiger partial charge in [0.2, 0.25) is 5.91 Å². The predicted molar refractivity (Wildman–Crippen MR) is 120 cm³/mol. The van der Waals surface area contributed by atoms with Crippen molar-refractivity contribution in [2.75, 3.05) is 4.90 Å². The minimum Gasteiger partial charge on any atom is -0.423 e. The SMILES string of the molecule is CC(=O)N(C(=O)NC(=O)c1ccccc1[N+](=O)[O-])c1ccc(Oc2ncc(Br)cn2)c(Cl)c1. The molecule has 13 heteroatoms. The normalized spacial score (nSPS) is 10.3. The number of urea groups is 1. The Balaban J connectivity index is 1.82. The summed E-state index contributed by atoms with van der Waals surface area (Å²) in [6, 6.07) is 8.00. The number of nitrogens with one attached hydrogen (secondary N) is 1. The monoisotopic (exact) mass is 533 g/mol. The molecule has 1 N–H and O–H groups in total. The number of para-hydroxylation sites is 1. The van der Waals surface area contributed by atoms with Crippen molar-refractivity contribution in [2.24, 2.45) is 0 Å². The highest BCUT2D eigenvalue weighted by Crippen LogP contribution is 2.32. The predicted octanol–water partition coefficient (Wildman–Crippen LogP) is 4.50. The van der Waals surface area contributed by atoms with Crippen LogP contribution < -0.4 is 15.0 Å². The lowest BCUT2D eigenvalue weighted by atomic mass is 10.1. The lowest BCUT2D eigenvalue weighted by molar-refractivity contribution is -0.385. The quantitative estimate of drug-likeness (QED) is 0.372. The van der Waals surface area contributed by atoms with Gasteiger partial charge in [-0.1, -0.05) is 23.7 Å². The molecule has 1 heterocycles. The van der Waals surface area contributed by atoms with Crippen molar-refractivity contribution in [1.29, 1.82) is 0 Å². The van der Waals surface area contributed by atoms with Crippen molar-refractivity contribution in [3.63, 3.8) is 0 Å². The van der Waals surface area contributed by atoms with Crippen molar-refractivity contribution in [3.8, 4) is 11.8 Å². The van der Waals surface area contributed by atoms with Gasteiger partial charge in [-0.2, -0.15) is 0 Å². The Morgan fingerprint density at radius 2 is 1.82 bits per heavy atom. The van der Waals surface area contributed by atoms with E-state index in [1.54, 1.807) is 0 Å². The molecule has 1 aromatic heterocycles. The maximum Gasteiger partial charge on any atom is 0.335 e. The Hall–Kier alpha value is -3.90. The first-order valence-electron chi connectivity index (χ1n) is 9.01. The van der Waals surface area contributed by atoms with Crippen molar-refractivity contribution < 1.29 is 24.0 Å². The van der Waals surface area contributed by atoms with Crippen LogP contribution in [0.15, 0.2) is 59.3 Å². The molecule has 0 aliphatic rings. The number of aromatic nitrogens is 2. The zero-order valence-corrected chi connectivity index (χ0v) is 19.0. The van der Waals surface area contributed by atoms with Crippen LogP contribution in [0.25, 0.3) is 0 Å². The Labute approximate surface area is 199 Å². The van der Waals surface area contributed by atoms with Crippen LogP contribution >= 0.6 is 27.5 Å². The van der Waals surface area contributed by atoms with E-state index in [2.05, 4.69) is 25.9 Å². The average Bonchev–Trinajstić information content (AvgIpc) is 2.76. The summed E-state index contributed by atoms with van der Waals surface area (Å²) < 4.78 is 6.13. The Bertz CT molecular complexity index is 1250. The highest BCUT2D eigenvalue weighted by Gasteiger charge is 2.26. The number of carbonyl (C=O) groups is 3. The number of carbonyl (C=O) groups excluding carboxylic acids is 3. The number of ether oxygens (including phenoxy) is 1. The molecule has 2 aromatic carbocycles. The van der Waals surface area contributed by atoms with Gasteiger partial charge >= 0.3 is 12.0 Å². The molecule has 0 aliphatic heterocycles. The molecule has 0 saturated heterocycles. The molecule has 3 rings (SSSR count). The lowest BCUT2D eigenvalue weighted by Crippen LogP contribution is -2.45. The number of anilines is 1. The Morgan fingerprint density at radius 3 is 2.42 bits per heavy atom. The number of amides is 4. The van der Waals surface area contributed by atoms with Crippen LogP contribution in [0.5, 0.6) is 11.8 Å². The zero-order valence-electron chi connectivity index (χ0n) is 16.7. The van der Waals surface area contributed by atoms with Gasteiger partial charge in [-0.15, -0.1) is 0 Å². The summed E-state index contributed by atoms with van der Waals surface area (Å²) in [6.07, 6.45) is 2.95. The minimum absolute atomic E-state index is 0.0177. The molecule has 0 unspecified atom stereocenters. The van der Waals surface area contributed by atoms with Crippen LogP contribution in [-0.2, 0) is 4.79 Å². The van der Waals surface area contributed by atoms with Crippen LogP contribution in [0.3, 0.4) is 0 Å². The lowest BCUT2D eigenvalue weighted by Gasteiger charge is -2.20. The van der Waals surface area contributed by atoms with Crippen molar-refractivity contribution in [3.05, 3.63) is 80.0 Å². The van der Waals surface area contributed by atoms with Gasteiger partial charge in [-0.3, -0.25) is 25.0 Å². The van der Waals surface area contributed by atoms with E-state index >= 15 is 0 Å². The number of nitro groups is 1. The molecule has 11 nitrogen and oxygen atoms in total. The summed E-state index contributed by atoms with van der Waals surface area (Å²) in [4.78, 5) is 56.2. The molecule has 0 radical (unpaired) electrons. The van der Waals surface area contributed by atoms with E-state index in [9.17, 15) is 24.5 Å². The summed E-state index contributed by atoms with van der Waals surface area (Å²) in [5.74, 6) is -1.62. The summed E-state index contributed by atoms with van der Waals surface area (Å²) in [5.41, 5.74) is -0.794. The largest absolute Gasteiger partial charge is 0.423 e. The number of hydrogen-bond acceptors (Lipinski definition) is 8. The molecule has 0 atom stereocenters. The third kappa shape index (κ3) is 5.67. The number of rotatable bonds is 5. The summed E-state index contributed by atoms with van der Waals surface area (Å²) in [5, 5.41) is 13.1. The number of nitro benzene ring substituents is 1. The van der Waals surface area contributed by atoms with E-state index in [-0.39, 0.29) is 28.0 Å². The molecular formula is C20H13BrClN5O6. The number of benzene rings is 2. The van der Waals surface area contributed by atoms with Crippen LogP contribution in [-0.4, -0.2) is 32.7 Å². The highest BCUT2D eigenvalue weighted by molar-refractivity contribution is 9.10. The third-order valence-corrected chi connectivity index (χ3v) is 4.76. The first-order chi connectivity index (χ1) is 15.7. The second-order valence-corrected chi connectivity index (χ2v) is 7.61. The average molecular weight is 535 g/mol. The van der Waals surface area contributed by atoms with E-state index in [0.29, 0.717) is 9.37 Å². The molecular weight excluding hydrogens is 522 g/mol. The van der Waals surface area contributed by atoms with Gasteiger partial charge < -0.3 is 4.74 Å². The minimum atomic E-state index is -1.12. The van der Waals surface area contributed by atoms with Gasteiger partial charge in [0.05, 0.1) is 20.1 Å². The maximum absolute atomic E-state index is 12.7. The first-order valence-corrected chi connectivity index (χ1v) is 10.2. The molecule has 0 spiro atoms. The number of hydrogen-bond donors (Lipinski definition) is 1. The Morgan fingerprint density at radius 1 is 1.15 bits per heavy atom. The van der Waals surface area contributed by atoms with Crippen LogP contribution in [0.4, 0.5) is 16.2 Å². The summed E-state index contributed by atoms with van der Waals surface area (Å²) >= 11 is 9.42. The van der Waals surface area contributed by atoms with Crippen molar-refractivity contribution in [1.82, 2.24) is 15.3 Å². The second kappa shape index (κ2) is 10.1. The van der Waals surface area contributed by atoms with E-state index in [0.717, 1.165) is 13.0 Å². The molecule has 0 bridgehead atoms. The number of imide groups is 2. The van der Waals surface area contributed by atoms with Gasteiger partial charge in [0.25, 0.3) is 11.6 Å². The van der Waals surface area contributed by atoms with Gasteiger partial charge in [0, 0.05) is 25.4 Å². The molecule has 168 valence electrons. The molecule has 0 aliphatic carbocycles.